The number of hydrogen-bond donors (Lipinski definition) is 2. The van der Waals surface area contributed by atoms with Crippen LogP contribution in [0.4, 0.5) is 0 Å². The third-order valence-electron chi connectivity index (χ3n) is 0.498. The molecule has 5 heteroatoms. The van der Waals surface area contributed by atoms with Crippen LogP contribution in [0.25, 0.3) is 0 Å². The third kappa shape index (κ3) is 0.691. The van der Waals surface area contributed by atoms with Gasteiger partial charge in [0.05, 0.1) is 0 Å². The summed E-state index contributed by atoms with van der Waals surface area (Å²) in [6, 6.07) is 0. The zero-order chi connectivity index (χ0) is 3.70. The maximum absolute atomic E-state index is 3.28. The van der Waals surface area contributed by atoms with Crippen molar-refractivity contribution in [2.75, 3.05) is 0 Å². The summed E-state index contributed by atoms with van der Waals surface area (Å²) in [6.07, 6.45) is 0. The van der Waals surface area contributed by atoms with Gasteiger partial charge in [-0.25, -0.2) is 0 Å². The van der Waals surface area contributed by atoms with Gasteiger partial charge in [0.2, 0.25) is 0 Å². The van der Waals surface area contributed by atoms with Crippen LogP contribution in [0.1, 0.15) is 0 Å². The van der Waals surface area contributed by atoms with Crippen LogP contribution in [0.2, 0.25) is 0 Å². The molecule has 2 N–H and O–H groups in total. The summed E-state index contributed by atoms with van der Waals surface area (Å²) in [4.78, 5) is 0. The van der Waals surface area contributed by atoms with E-state index in [9.17, 15) is 0 Å². The molecule has 1 aliphatic heterocycles. The Balaban J connectivity index is 2.32. The quantitative estimate of drug-likeness (QED) is 0.385. The average Bonchev–Trinajstić information content (AvgIpc) is 1.30. The summed E-state index contributed by atoms with van der Waals surface area (Å²) >= 11 is 2.99. The Bertz CT molecular complexity index is 54.7. The standard InChI is InChI=1S/H4N2SeSi2/c3-5-1-4-2-5/h1-2H,4H2. The van der Waals surface area contributed by atoms with Crippen molar-refractivity contribution >= 4 is 32.0 Å². The van der Waals surface area contributed by atoms with Crippen LogP contribution in [0.3, 0.4) is 0 Å². The van der Waals surface area contributed by atoms with Gasteiger partial charge in [-0.05, 0) is 0 Å². The molecular weight excluding hydrogens is 163 g/mol. The van der Waals surface area contributed by atoms with E-state index in [0.29, 0.717) is 0 Å². The minimum absolute atomic E-state index is 0.0715. The predicted octanol–water partition coefficient (Wildman–Crippen LogP) is -2.67. The van der Waals surface area contributed by atoms with Crippen LogP contribution < -0.4 is 9.30 Å². The van der Waals surface area contributed by atoms with E-state index < -0.39 is 0 Å². The van der Waals surface area contributed by atoms with Gasteiger partial charge < -0.3 is 0 Å². The maximum atomic E-state index is 3.28. The van der Waals surface area contributed by atoms with E-state index in [2.05, 4.69) is 24.2 Å². The second kappa shape index (κ2) is 1.34. The van der Waals surface area contributed by atoms with Gasteiger partial charge in [0, 0.05) is 0 Å². The molecule has 0 spiro atoms. The van der Waals surface area contributed by atoms with Gasteiger partial charge in [-0.2, -0.15) is 0 Å². The topological polar surface area (TPSA) is 24.1 Å². The first-order valence-corrected chi connectivity index (χ1v) is 6.80. The fraction of sp³-hybridized carbons (Fsp3) is 0. The fourth-order valence-electron chi connectivity index (χ4n) is 0.161. The summed E-state index contributed by atoms with van der Waals surface area (Å²) in [5.41, 5.74) is 0. The third-order valence-corrected chi connectivity index (χ3v) is 9.93. The molecule has 0 radical (unpaired) electrons. The second-order valence-electron chi connectivity index (χ2n) is 0.859. The molecule has 5 heavy (non-hydrogen) atoms. The molecule has 0 saturated carbocycles. The zero-order valence-corrected chi connectivity index (χ0v) is 6.74. The molecule has 1 heterocycles. The molecule has 1 fully saturated rings. The van der Waals surface area contributed by atoms with Crippen molar-refractivity contribution in [3.8, 4) is 0 Å². The molecule has 1 saturated heterocycles. The van der Waals surface area contributed by atoms with Gasteiger partial charge in [-0.1, -0.05) is 0 Å². The molecule has 1 aliphatic rings. The molecule has 0 aromatic rings. The van der Waals surface area contributed by atoms with Crippen molar-refractivity contribution in [1.29, 1.82) is 0 Å². The molecule has 2 nitrogen and oxygen atoms in total. The second-order valence-corrected chi connectivity index (χ2v) is 7.27. The Morgan fingerprint density at radius 2 is 2.00 bits per heavy atom. The molecule has 0 aliphatic carbocycles. The summed E-state index contributed by atoms with van der Waals surface area (Å²) in [5.74, 6) is 0. The molecular formula is H4N2SeSi2. The summed E-state index contributed by atoms with van der Waals surface area (Å²) in [7, 11) is -0.185. The van der Waals surface area contributed by atoms with E-state index in [0.717, 1.165) is 0 Å². The first kappa shape index (κ1) is 3.73. The monoisotopic (exact) mass is 168 g/mol. The van der Waals surface area contributed by atoms with Crippen molar-refractivity contribution < 1.29 is 0 Å². The van der Waals surface area contributed by atoms with Crippen molar-refractivity contribution in [3.05, 3.63) is 0 Å². The van der Waals surface area contributed by atoms with E-state index in [1.54, 1.807) is 0 Å². The van der Waals surface area contributed by atoms with Crippen molar-refractivity contribution in [2.24, 2.45) is 0 Å². The van der Waals surface area contributed by atoms with Crippen molar-refractivity contribution in [3.63, 3.8) is 0 Å². The summed E-state index contributed by atoms with van der Waals surface area (Å²) in [6.45, 7) is 0. The van der Waals surface area contributed by atoms with Crippen molar-refractivity contribution in [1.82, 2.24) is 9.30 Å². The van der Waals surface area contributed by atoms with Crippen LogP contribution in [-0.4, -0.2) is 32.0 Å². The molecule has 0 atom stereocenters. The molecule has 0 bridgehead atoms. The van der Waals surface area contributed by atoms with Gasteiger partial charge in [0.15, 0.2) is 0 Å². The number of rotatable bonds is 0. The fourth-order valence-corrected chi connectivity index (χ4v) is 4.17. The zero-order valence-electron chi connectivity index (χ0n) is 2.62. The summed E-state index contributed by atoms with van der Waals surface area (Å²) in [5, 5.41) is 0. The normalized spacial score (nSPS) is 18.8. The molecule has 1 rings (SSSR count). The Morgan fingerprint density at radius 3 is 2.00 bits per heavy atom. The SMILES string of the molecule is [Se]=[Si]1N[SiH2]N1. The minimum atomic E-state index is -0.257. The van der Waals surface area contributed by atoms with Crippen molar-refractivity contribution in [2.45, 2.75) is 0 Å². The van der Waals surface area contributed by atoms with Gasteiger partial charge in [0.25, 0.3) is 0 Å². The first-order chi connectivity index (χ1) is 2.39. The average molecular weight is 167 g/mol. The molecule has 0 aromatic heterocycles. The van der Waals surface area contributed by atoms with Crippen LogP contribution >= 0.6 is 0 Å². The van der Waals surface area contributed by atoms with Gasteiger partial charge in [-0.3, -0.25) is 0 Å². The number of hydrogen-bond acceptors (Lipinski definition) is 2. The predicted molar refractivity (Wildman–Crippen MR) is 26.3 cm³/mol. The Morgan fingerprint density at radius 1 is 1.60 bits per heavy atom. The molecule has 0 amide bonds. The Kier molecular flexibility index (Phi) is 1.000. The Hall–Kier alpha value is 0.553. The first-order valence-electron chi connectivity index (χ1n) is 1.41. The van der Waals surface area contributed by atoms with Gasteiger partial charge >= 0.3 is 41.3 Å². The van der Waals surface area contributed by atoms with Crippen LogP contribution in [0, 0.1) is 0 Å². The molecule has 0 unspecified atom stereocenters. The van der Waals surface area contributed by atoms with Crippen LogP contribution in [0.15, 0.2) is 0 Å². The van der Waals surface area contributed by atoms with Gasteiger partial charge in [0.1, 0.15) is 0 Å². The van der Waals surface area contributed by atoms with Gasteiger partial charge in [-0.15, -0.1) is 0 Å². The van der Waals surface area contributed by atoms with E-state index >= 15 is 0 Å². The molecule has 0 aromatic carbocycles. The number of nitrogens with one attached hydrogen (secondary N) is 2. The van der Waals surface area contributed by atoms with E-state index in [-0.39, 0.29) is 17.1 Å². The van der Waals surface area contributed by atoms with E-state index in [1.165, 1.54) is 0 Å². The van der Waals surface area contributed by atoms with Crippen LogP contribution in [0.5, 0.6) is 0 Å². The Labute approximate surface area is 41.8 Å². The van der Waals surface area contributed by atoms with E-state index in [4.69, 9.17) is 0 Å². The summed E-state index contributed by atoms with van der Waals surface area (Å²) < 4.78 is 6.56. The molecule has 28 valence electrons. The van der Waals surface area contributed by atoms with E-state index in [1.807, 2.05) is 0 Å². The van der Waals surface area contributed by atoms with Crippen LogP contribution in [-0.2, 0) is 0 Å².